The molecule has 0 bridgehead atoms. The maximum Gasteiger partial charge on any atom is 0.293 e. The Bertz CT molecular complexity index is 1640. The first-order valence-electron chi connectivity index (χ1n) is 11.3. The topological polar surface area (TPSA) is 119 Å². The normalized spacial score (nSPS) is 11.1. The van der Waals surface area contributed by atoms with Crippen LogP contribution in [0.2, 0.25) is 5.02 Å². The Morgan fingerprint density at radius 2 is 1.84 bits per heavy atom. The van der Waals surface area contributed by atoms with Crippen LogP contribution in [0.3, 0.4) is 0 Å². The number of anilines is 1. The number of thioether (sulfide) groups is 1. The lowest BCUT2D eigenvalue weighted by Crippen LogP contribution is -2.16. The predicted molar refractivity (Wildman–Crippen MR) is 146 cm³/mol. The van der Waals surface area contributed by atoms with Crippen LogP contribution in [0, 0.1) is 24.0 Å². The number of nitrogens with zero attached hydrogens (tertiary/aromatic N) is 4. The molecule has 0 radical (unpaired) electrons. The van der Waals surface area contributed by atoms with Crippen molar-refractivity contribution in [3.8, 4) is 17.1 Å². The molecule has 11 heteroatoms. The van der Waals surface area contributed by atoms with E-state index >= 15 is 0 Å². The van der Waals surface area contributed by atoms with Gasteiger partial charge in [0.25, 0.3) is 5.69 Å². The maximum atomic E-state index is 12.8. The minimum Gasteiger partial charge on any atom is -0.360 e. The molecule has 0 aliphatic heterocycles. The number of H-pyrrole nitrogens is 1. The highest BCUT2D eigenvalue weighted by molar-refractivity contribution is 7.99. The van der Waals surface area contributed by atoms with E-state index in [1.165, 1.54) is 17.8 Å². The van der Waals surface area contributed by atoms with E-state index < -0.39 is 10.8 Å². The van der Waals surface area contributed by atoms with Crippen molar-refractivity contribution in [3.63, 3.8) is 0 Å². The Kier molecular flexibility index (Phi) is 6.68. The van der Waals surface area contributed by atoms with Gasteiger partial charge in [-0.25, -0.2) is 0 Å². The van der Waals surface area contributed by atoms with Crippen LogP contribution in [-0.2, 0) is 4.79 Å². The average Bonchev–Trinajstić information content (AvgIpc) is 3.49. The lowest BCUT2D eigenvalue weighted by Gasteiger charge is -2.11. The Balaban J connectivity index is 1.46. The molecule has 1 amide bonds. The largest absolute Gasteiger partial charge is 0.360 e. The summed E-state index contributed by atoms with van der Waals surface area (Å²) in [5, 5.41) is 25.1. The minimum absolute atomic E-state index is 0.0241. The van der Waals surface area contributed by atoms with E-state index in [1.807, 2.05) is 54.1 Å². The number of aryl methyl sites for hydroxylation is 2. The summed E-state index contributed by atoms with van der Waals surface area (Å²) >= 11 is 7.30. The highest BCUT2D eigenvalue weighted by atomic mass is 35.5. The fourth-order valence-electron chi connectivity index (χ4n) is 3.99. The molecule has 2 aromatic heterocycles. The van der Waals surface area contributed by atoms with Gasteiger partial charge in [0.1, 0.15) is 5.69 Å². The standard InChI is InChI=1S/C26H21ClN6O3S/c1-15-11-22(23(33(35)36)12-16(15)2)29-24(34)14-37-26-31-30-25(32(26)18-9-7-17(27)8-10-18)20-13-28-21-6-4-3-5-19(20)21/h3-13,28H,14H2,1-2H3,(H,29,34). The molecule has 37 heavy (non-hydrogen) atoms. The van der Waals surface area contributed by atoms with Gasteiger partial charge in [0, 0.05) is 39.4 Å². The first-order valence-corrected chi connectivity index (χ1v) is 12.6. The monoisotopic (exact) mass is 532 g/mol. The second-order valence-electron chi connectivity index (χ2n) is 8.41. The quantitative estimate of drug-likeness (QED) is 0.144. The SMILES string of the molecule is Cc1cc(NC(=O)CSc2nnc(-c3c[nH]c4ccccc34)n2-c2ccc(Cl)cc2)c([N+](=O)[O-])cc1C. The molecule has 2 heterocycles. The van der Waals surface area contributed by atoms with Gasteiger partial charge >= 0.3 is 0 Å². The summed E-state index contributed by atoms with van der Waals surface area (Å²) in [6.07, 6.45) is 1.88. The van der Waals surface area contributed by atoms with Gasteiger partial charge in [-0.15, -0.1) is 10.2 Å². The van der Waals surface area contributed by atoms with E-state index in [1.54, 1.807) is 25.1 Å². The third-order valence-electron chi connectivity index (χ3n) is 5.96. The number of carbonyl (C=O) groups is 1. The Hall–Kier alpha value is -4.15. The van der Waals surface area contributed by atoms with Gasteiger partial charge in [0.2, 0.25) is 5.91 Å². The fourth-order valence-corrected chi connectivity index (χ4v) is 4.86. The number of fused-ring (bicyclic) bond motifs is 1. The summed E-state index contributed by atoms with van der Waals surface area (Å²) in [7, 11) is 0. The molecule has 0 fully saturated rings. The first-order chi connectivity index (χ1) is 17.8. The second-order valence-corrected chi connectivity index (χ2v) is 9.79. The molecule has 0 saturated carbocycles. The first kappa shape index (κ1) is 24.5. The number of aromatic amines is 1. The predicted octanol–water partition coefficient (Wildman–Crippen LogP) is 6.32. The summed E-state index contributed by atoms with van der Waals surface area (Å²) in [6, 6.07) is 18.2. The van der Waals surface area contributed by atoms with Crippen molar-refractivity contribution in [3.05, 3.63) is 93.1 Å². The van der Waals surface area contributed by atoms with Crippen LogP contribution in [0.25, 0.3) is 28.0 Å². The molecule has 0 aliphatic rings. The number of carbonyl (C=O) groups excluding carboxylic acids is 1. The summed E-state index contributed by atoms with van der Waals surface area (Å²) in [5.74, 6) is 0.187. The zero-order valence-electron chi connectivity index (χ0n) is 19.9. The van der Waals surface area contributed by atoms with Crippen molar-refractivity contribution in [1.82, 2.24) is 19.7 Å². The number of nitro groups is 1. The zero-order chi connectivity index (χ0) is 26.1. The number of hydrogen-bond donors (Lipinski definition) is 2. The van der Waals surface area contributed by atoms with Gasteiger partial charge in [-0.05, 0) is 61.4 Å². The van der Waals surface area contributed by atoms with Crippen LogP contribution in [-0.4, -0.2) is 36.3 Å². The van der Waals surface area contributed by atoms with E-state index in [-0.39, 0.29) is 17.1 Å². The lowest BCUT2D eigenvalue weighted by molar-refractivity contribution is -0.384. The number of rotatable bonds is 7. The molecular weight excluding hydrogens is 512 g/mol. The summed E-state index contributed by atoms with van der Waals surface area (Å²) in [5.41, 5.74) is 4.25. The molecular formula is C26H21ClN6O3S. The zero-order valence-corrected chi connectivity index (χ0v) is 21.4. The van der Waals surface area contributed by atoms with Crippen molar-refractivity contribution in [2.75, 3.05) is 11.1 Å². The molecule has 0 spiro atoms. The van der Waals surface area contributed by atoms with Crippen molar-refractivity contribution in [1.29, 1.82) is 0 Å². The number of aromatic nitrogens is 4. The number of para-hydroxylation sites is 1. The van der Waals surface area contributed by atoms with E-state index in [0.29, 0.717) is 16.0 Å². The van der Waals surface area contributed by atoms with Gasteiger partial charge in [-0.3, -0.25) is 19.5 Å². The summed E-state index contributed by atoms with van der Waals surface area (Å²) in [6.45, 7) is 3.63. The van der Waals surface area contributed by atoms with Crippen LogP contribution < -0.4 is 5.32 Å². The third-order valence-corrected chi connectivity index (χ3v) is 7.14. The molecule has 186 valence electrons. The summed E-state index contributed by atoms with van der Waals surface area (Å²) in [4.78, 5) is 27.1. The fraction of sp³-hybridized carbons (Fsp3) is 0.115. The third kappa shape index (κ3) is 4.93. The van der Waals surface area contributed by atoms with Crippen molar-refractivity contribution in [2.45, 2.75) is 19.0 Å². The van der Waals surface area contributed by atoms with E-state index in [2.05, 4.69) is 20.5 Å². The van der Waals surface area contributed by atoms with Crippen LogP contribution in [0.15, 0.2) is 72.0 Å². The molecule has 5 aromatic rings. The van der Waals surface area contributed by atoms with Crippen LogP contribution in [0.4, 0.5) is 11.4 Å². The second kappa shape index (κ2) is 10.1. The van der Waals surface area contributed by atoms with Crippen molar-refractivity contribution in [2.24, 2.45) is 0 Å². The van der Waals surface area contributed by atoms with Crippen molar-refractivity contribution < 1.29 is 9.72 Å². The molecule has 3 aromatic carbocycles. The Morgan fingerprint density at radius 3 is 2.59 bits per heavy atom. The molecule has 9 nitrogen and oxygen atoms in total. The number of nitro benzene ring substituents is 1. The number of halogens is 1. The molecule has 0 unspecified atom stereocenters. The van der Waals surface area contributed by atoms with Crippen LogP contribution >= 0.6 is 23.4 Å². The van der Waals surface area contributed by atoms with Crippen LogP contribution in [0.5, 0.6) is 0 Å². The van der Waals surface area contributed by atoms with Gasteiger partial charge in [0.05, 0.1) is 10.7 Å². The Labute approximate surface area is 221 Å². The van der Waals surface area contributed by atoms with Gasteiger partial charge in [0.15, 0.2) is 11.0 Å². The summed E-state index contributed by atoms with van der Waals surface area (Å²) < 4.78 is 1.86. The maximum absolute atomic E-state index is 12.8. The van der Waals surface area contributed by atoms with Gasteiger partial charge < -0.3 is 10.3 Å². The number of benzene rings is 3. The van der Waals surface area contributed by atoms with E-state index in [9.17, 15) is 14.9 Å². The number of hydrogen-bond acceptors (Lipinski definition) is 6. The molecule has 0 aliphatic carbocycles. The van der Waals surface area contributed by atoms with Crippen molar-refractivity contribution >= 4 is 51.5 Å². The Morgan fingerprint density at radius 1 is 1.11 bits per heavy atom. The molecule has 0 saturated heterocycles. The lowest BCUT2D eigenvalue weighted by atomic mass is 10.1. The molecule has 0 atom stereocenters. The smallest absolute Gasteiger partial charge is 0.293 e. The van der Waals surface area contributed by atoms with Crippen LogP contribution in [0.1, 0.15) is 11.1 Å². The number of nitrogens with one attached hydrogen (secondary N) is 2. The van der Waals surface area contributed by atoms with E-state index in [0.717, 1.165) is 33.3 Å². The average molecular weight is 533 g/mol. The minimum atomic E-state index is -0.500. The van der Waals surface area contributed by atoms with E-state index in [4.69, 9.17) is 11.6 Å². The highest BCUT2D eigenvalue weighted by Crippen LogP contribution is 2.33. The molecule has 5 rings (SSSR count). The highest BCUT2D eigenvalue weighted by Gasteiger charge is 2.21. The molecule has 2 N–H and O–H groups in total. The van der Waals surface area contributed by atoms with Gasteiger partial charge in [-0.1, -0.05) is 41.6 Å². The number of amides is 1. The van der Waals surface area contributed by atoms with Gasteiger partial charge in [-0.2, -0.15) is 0 Å².